The van der Waals surface area contributed by atoms with Gasteiger partial charge in [0.15, 0.2) is 17.3 Å². The first-order chi connectivity index (χ1) is 19.5. The largest absolute Gasteiger partial charge is 0.473 e. The molecule has 10 nitrogen and oxygen atoms in total. The van der Waals surface area contributed by atoms with Gasteiger partial charge in [0.2, 0.25) is 5.88 Å². The molecule has 0 unspecified atom stereocenters. The first-order valence-electron chi connectivity index (χ1n) is 14.1. The van der Waals surface area contributed by atoms with Gasteiger partial charge < -0.3 is 15.0 Å². The van der Waals surface area contributed by atoms with Crippen LogP contribution in [0.5, 0.6) is 5.88 Å². The Hall–Kier alpha value is -3.75. The van der Waals surface area contributed by atoms with E-state index in [1.54, 1.807) is 17.5 Å². The number of hydrogen-bond donors (Lipinski definition) is 2. The summed E-state index contributed by atoms with van der Waals surface area (Å²) in [5.74, 6) is 1.81. The van der Waals surface area contributed by atoms with Crippen molar-refractivity contribution < 1.29 is 9.26 Å². The smallest absolute Gasteiger partial charge is 0.217 e. The third-order valence-electron chi connectivity index (χ3n) is 8.98. The van der Waals surface area contributed by atoms with Gasteiger partial charge in [0.05, 0.1) is 22.4 Å². The van der Waals surface area contributed by atoms with Gasteiger partial charge in [0.1, 0.15) is 17.2 Å². The normalized spacial score (nSPS) is 23.1. The minimum absolute atomic E-state index is 0.0338. The van der Waals surface area contributed by atoms with Crippen molar-refractivity contribution in [3.8, 4) is 34.9 Å². The fourth-order valence-corrected chi connectivity index (χ4v) is 8.30. The number of nitrogens with two attached hydrogens (primary N) is 1. The van der Waals surface area contributed by atoms with Crippen LogP contribution in [-0.4, -0.2) is 56.0 Å². The van der Waals surface area contributed by atoms with Crippen molar-refractivity contribution in [3.63, 3.8) is 0 Å². The van der Waals surface area contributed by atoms with E-state index in [0.29, 0.717) is 39.7 Å². The fraction of sp³-hybridized carbons (Fsp3) is 0.483. The summed E-state index contributed by atoms with van der Waals surface area (Å²) in [6.45, 7) is 3.18. The average molecular weight is 557 g/mol. The van der Waals surface area contributed by atoms with Crippen molar-refractivity contribution in [1.29, 1.82) is 5.26 Å². The van der Waals surface area contributed by atoms with Crippen molar-refractivity contribution in [2.45, 2.75) is 75.9 Å². The summed E-state index contributed by atoms with van der Waals surface area (Å²) in [6.07, 6.45) is 9.47. The zero-order valence-electron chi connectivity index (χ0n) is 22.7. The number of hydrogen-bond acceptors (Lipinski definition) is 10. The highest BCUT2D eigenvalue weighted by Gasteiger charge is 2.48. The number of ether oxygens (including phenoxy) is 1. The standard InChI is InChI=1S/C29H32N8O2S/c1-16(21-7-5-13-37(21)2)38-23-14-20(19-9-12-32-35-19)33-28(34-23)25-17-6-3-10-29(26(17)39-36-25)11-4-8-22-24(29)18(15-30)27(31)40-22/h9,12,14,16,21H,3-8,10-11,13,31H2,1-2H3,(H,32,35)/t16-,21-,29-/m0/s1. The highest BCUT2D eigenvalue weighted by atomic mass is 32.1. The Morgan fingerprint density at radius 2 is 2.12 bits per heavy atom. The molecule has 3 atom stereocenters. The van der Waals surface area contributed by atoms with Crippen molar-refractivity contribution in [1.82, 2.24) is 30.2 Å². The molecule has 0 amide bonds. The van der Waals surface area contributed by atoms with Crippen LogP contribution in [0.25, 0.3) is 22.9 Å². The summed E-state index contributed by atoms with van der Waals surface area (Å²) in [4.78, 5) is 13.3. The second-order valence-corrected chi connectivity index (χ2v) is 12.4. The number of thiophene rings is 1. The quantitative estimate of drug-likeness (QED) is 0.352. The molecule has 0 bridgehead atoms. The highest BCUT2D eigenvalue weighted by Crippen LogP contribution is 2.55. The lowest BCUT2D eigenvalue weighted by Crippen LogP contribution is -2.38. The molecule has 7 rings (SSSR count). The number of rotatable bonds is 5. The molecule has 1 fully saturated rings. The van der Waals surface area contributed by atoms with Crippen molar-refractivity contribution in [3.05, 3.63) is 45.7 Å². The first-order valence-corrected chi connectivity index (χ1v) is 14.9. The zero-order chi connectivity index (χ0) is 27.4. The number of H-pyrrole nitrogens is 1. The van der Waals surface area contributed by atoms with Gasteiger partial charge in [-0.3, -0.25) is 10.00 Å². The topological polar surface area (TPSA) is 143 Å². The third-order valence-corrected chi connectivity index (χ3v) is 10.1. The van der Waals surface area contributed by atoms with E-state index < -0.39 is 5.41 Å². The molecule has 206 valence electrons. The second kappa shape index (κ2) is 9.71. The lowest BCUT2D eigenvalue weighted by atomic mass is 9.63. The summed E-state index contributed by atoms with van der Waals surface area (Å²) < 4.78 is 12.6. The van der Waals surface area contributed by atoms with Crippen molar-refractivity contribution in [2.75, 3.05) is 19.3 Å². The first kappa shape index (κ1) is 25.2. The van der Waals surface area contributed by atoms with Crippen LogP contribution < -0.4 is 10.5 Å². The molecule has 1 saturated heterocycles. The van der Waals surface area contributed by atoms with Crippen molar-refractivity contribution in [2.24, 2.45) is 0 Å². The maximum atomic E-state index is 10.0. The van der Waals surface area contributed by atoms with E-state index in [0.717, 1.165) is 74.1 Å². The monoisotopic (exact) mass is 556 g/mol. The van der Waals surface area contributed by atoms with Crippen LogP contribution in [0.4, 0.5) is 5.00 Å². The summed E-state index contributed by atoms with van der Waals surface area (Å²) >= 11 is 1.54. The van der Waals surface area contributed by atoms with E-state index in [1.165, 1.54) is 11.3 Å². The number of aromatic amines is 1. The van der Waals surface area contributed by atoms with E-state index in [2.05, 4.69) is 40.3 Å². The van der Waals surface area contributed by atoms with Gasteiger partial charge in [-0.1, -0.05) is 5.16 Å². The summed E-state index contributed by atoms with van der Waals surface area (Å²) in [5, 5.41) is 22.3. The summed E-state index contributed by atoms with van der Waals surface area (Å²) in [5.41, 5.74) is 10.7. The second-order valence-electron chi connectivity index (χ2n) is 11.3. The molecule has 3 N–H and O–H groups in total. The Morgan fingerprint density at radius 1 is 1.27 bits per heavy atom. The Labute approximate surface area is 236 Å². The van der Waals surface area contributed by atoms with Crippen LogP contribution in [0.2, 0.25) is 0 Å². The molecule has 0 aromatic carbocycles. The number of fused-ring (bicyclic) bond motifs is 4. The SMILES string of the molecule is C[C@H](Oc1cc(-c2ccn[nH]2)nc(-c2noc3c2CCC[C@@]32CCCc3sc(N)c(C#N)c32)n1)[C@@H]1CCCN1C. The molecule has 3 aliphatic rings. The van der Waals surface area contributed by atoms with Gasteiger partial charge in [-0.2, -0.15) is 15.3 Å². The molecule has 1 spiro atoms. The van der Waals surface area contributed by atoms with Gasteiger partial charge >= 0.3 is 0 Å². The Balaban J connectivity index is 1.33. The number of anilines is 1. The predicted octanol–water partition coefficient (Wildman–Crippen LogP) is 4.86. The number of nitrogen functional groups attached to an aromatic ring is 1. The lowest BCUT2D eigenvalue weighted by Gasteiger charge is -2.39. The molecule has 0 saturated carbocycles. The maximum absolute atomic E-state index is 10.0. The van der Waals surface area contributed by atoms with Gasteiger partial charge in [-0.25, -0.2) is 4.98 Å². The van der Waals surface area contributed by atoms with Crippen LogP contribution in [0.1, 0.15) is 72.8 Å². The van der Waals surface area contributed by atoms with Gasteiger partial charge in [-0.05, 0) is 83.5 Å². The molecule has 4 aromatic rings. The van der Waals surface area contributed by atoms with Gasteiger partial charge in [0.25, 0.3) is 0 Å². The predicted molar refractivity (Wildman–Crippen MR) is 151 cm³/mol. The molecule has 5 heterocycles. The summed E-state index contributed by atoms with van der Waals surface area (Å²) in [7, 11) is 2.14. The highest BCUT2D eigenvalue weighted by molar-refractivity contribution is 7.16. The van der Waals surface area contributed by atoms with E-state index in [-0.39, 0.29) is 6.10 Å². The van der Waals surface area contributed by atoms with E-state index in [9.17, 15) is 5.26 Å². The number of aryl methyl sites for hydroxylation is 1. The Morgan fingerprint density at radius 3 is 2.88 bits per heavy atom. The fourth-order valence-electron chi connectivity index (χ4n) is 7.14. The summed E-state index contributed by atoms with van der Waals surface area (Å²) in [6, 6.07) is 6.46. The number of nitrogens with zero attached hydrogens (tertiary/aromatic N) is 6. The van der Waals surface area contributed by atoms with Crippen LogP contribution in [0.15, 0.2) is 22.9 Å². The Bertz CT molecular complexity index is 1600. The van der Waals surface area contributed by atoms with E-state index >= 15 is 0 Å². The average Bonchev–Trinajstić information content (AvgIpc) is 3.75. The molecule has 2 aliphatic carbocycles. The van der Waals surface area contributed by atoms with Crippen LogP contribution in [0.3, 0.4) is 0 Å². The molecule has 4 aromatic heterocycles. The third kappa shape index (κ3) is 3.92. The molecule has 11 heteroatoms. The molecular formula is C29H32N8O2S. The van der Waals surface area contributed by atoms with Gasteiger partial charge in [-0.15, -0.1) is 11.3 Å². The number of nitrogens with one attached hydrogen (secondary N) is 1. The van der Waals surface area contributed by atoms with E-state index in [1.807, 2.05) is 12.1 Å². The number of nitriles is 1. The number of likely N-dealkylation sites (N-methyl/N-ethyl adjacent to an activating group) is 1. The number of aromatic nitrogens is 5. The van der Waals surface area contributed by atoms with Crippen molar-refractivity contribution >= 4 is 16.3 Å². The molecule has 40 heavy (non-hydrogen) atoms. The molecule has 0 radical (unpaired) electrons. The van der Waals surface area contributed by atoms with E-state index in [4.69, 9.17) is 25.0 Å². The zero-order valence-corrected chi connectivity index (χ0v) is 23.6. The van der Waals surface area contributed by atoms with Crippen LogP contribution in [0, 0.1) is 11.3 Å². The number of likely N-dealkylation sites (tertiary alicyclic amines) is 1. The van der Waals surface area contributed by atoms with Crippen LogP contribution in [-0.2, 0) is 18.3 Å². The van der Waals surface area contributed by atoms with Crippen LogP contribution >= 0.6 is 11.3 Å². The molecule has 1 aliphatic heterocycles. The minimum Gasteiger partial charge on any atom is -0.473 e. The maximum Gasteiger partial charge on any atom is 0.217 e. The minimum atomic E-state index is -0.395. The molecular weight excluding hydrogens is 524 g/mol. The lowest BCUT2D eigenvalue weighted by molar-refractivity contribution is 0.117. The Kier molecular flexibility index (Phi) is 6.13. The van der Waals surface area contributed by atoms with Gasteiger partial charge in [0, 0.05) is 28.7 Å².